The van der Waals surface area contributed by atoms with Crippen LogP contribution in [0.1, 0.15) is 48.9 Å². The van der Waals surface area contributed by atoms with Gasteiger partial charge in [-0.05, 0) is 55.2 Å². The van der Waals surface area contributed by atoms with Gasteiger partial charge in [0.1, 0.15) is 0 Å². The van der Waals surface area contributed by atoms with Gasteiger partial charge in [-0.1, -0.05) is 49.1 Å². The zero-order chi connectivity index (χ0) is 18.8. The maximum atomic E-state index is 11.8. The quantitative estimate of drug-likeness (QED) is 0.729. The molecule has 0 bridgehead atoms. The number of halogens is 1. The number of rotatable bonds is 4. The normalized spacial score (nSPS) is 14.0. The maximum absolute atomic E-state index is 11.8. The molecule has 0 unspecified atom stereocenters. The van der Waals surface area contributed by atoms with Gasteiger partial charge in [-0.2, -0.15) is 0 Å². The highest BCUT2D eigenvalue weighted by Crippen LogP contribution is 2.26. The van der Waals surface area contributed by atoms with E-state index in [0.717, 1.165) is 5.69 Å². The molecule has 1 saturated carbocycles. The fourth-order valence-electron chi connectivity index (χ4n) is 2.98. The summed E-state index contributed by atoms with van der Waals surface area (Å²) in [5, 5.41) is 12.0. The lowest BCUT2D eigenvalue weighted by Crippen LogP contribution is -2.18. The van der Waals surface area contributed by atoms with Crippen LogP contribution in [0.5, 0.6) is 0 Å². The third-order valence-corrected chi connectivity index (χ3v) is 4.60. The van der Waals surface area contributed by atoms with Crippen molar-refractivity contribution in [2.24, 2.45) is 5.92 Å². The molecular weight excluding hydrogens is 350 g/mol. The molecule has 26 heavy (non-hydrogen) atoms. The van der Waals surface area contributed by atoms with E-state index in [2.05, 4.69) is 5.32 Å². The molecule has 0 atom stereocenters. The zero-order valence-electron chi connectivity index (χ0n) is 14.7. The summed E-state index contributed by atoms with van der Waals surface area (Å²) in [5.74, 6) is -0.175. The number of carboxylic acids is 1. The summed E-state index contributed by atoms with van der Waals surface area (Å²) < 4.78 is 0. The van der Waals surface area contributed by atoms with E-state index < -0.39 is 5.97 Å². The molecule has 1 amide bonds. The summed E-state index contributed by atoms with van der Waals surface area (Å²) in [7, 11) is 0. The van der Waals surface area contributed by atoms with Gasteiger partial charge >= 0.3 is 5.97 Å². The molecule has 1 fully saturated rings. The number of nitrogens with one attached hydrogen (secondary N) is 1. The van der Waals surface area contributed by atoms with Crippen molar-refractivity contribution in [2.75, 3.05) is 5.32 Å². The monoisotopic (exact) mass is 373 g/mol. The molecule has 0 saturated heterocycles. The highest BCUT2D eigenvalue weighted by atomic mass is 35.5. The van der Waals surface area contributed by atoms with Crippen LogP contribution >= 0.6 is 11.6 Å². The van der Waals surface area contributed by atoms with Gasteiger partial charge in [-0.25, -0.2) is 4.79 Å². The summed E-state index contributed by atoms with van der Waals surface area (Å²) in [4.78, 5) is 22.0. The average molecular weight is 374 g/mol. The van der Waals surface area contributed by atoms with Gasteiger partial charge in [0.25, 0.3) is 0 Å². The molecule has 1 aliphatic rings. The van der Waals surface area contributed by atoms with E-state index in [1.54, 1.807) is 42.5 Å². The predicted molar refractivity (Wildman–Crippen MR) is 105 cm³/mol. The van der Waals surface area contributed by atoms with Crippen LogP contribution < -0.4 is 5.32 Å². The molecule has 4 nitrogen and oxygen atoms in total. The van der Waals surface area contributed by atoms with Crippen molar-refractivity contribution in [1.82, 2.24) is 0 Å². The standard InChI is InChI=1S/C14H18ClNO.C7H6O2/c15-12-6-8-13(9-7-12)16-14(17)10-11-4-2-1-3-5-11;8-7(9)6-4-2-1-3-5-6/h6-9,11H,1-5,10H2,(H,16,17);1-5H,(H,8,9). The number of carbonyl (C=O) groups excluding carboxylic acids is 1. The minimum absolute atomic E-state index is 0.124. The smallest absolute Gasteiger partial charge is 0.335 e. The van der Waals surface area contributed by atoms with Gasteiger partial charge < -0.3 is 10.4 Å². The van der Waals surface area contributed by atoms with Crippen LogP contribution in [0.2, 0.25) is 5.02 Å². The number of aromatic carboxylic acids is 1. The maximum Gasteiger partial charge on any atom is 0.335 e. The number of carboxylic acid groups (broad SMARTS) is 1. The first-order chi connectivity index (χ1) is 12.5. The third kappa shape index (κ3) is 7.28. The summed E-state index contributed by atoms with van der Waals surface area (Å²) in [6, 6.07) is 15.5. The summed E-state index contributed by atoms with van der Waals surface area (Å²) in [6.45, 7) is 0. The Morgan fingerprint density at radius 1 is 0.962 bits per heavy atom. The van der Waals surface area contributed by atoms with Gasteiger partial charge in [0.2, 0.25) is 5.91 Å². The Morgan fingerprint density at radius 2 is 1.58 bits per heavy atom. The fourth-order valence-corrected chi connectivity index (χ4v) is 3.11. The molecule has 138 valence electrons. The Hall–Kier alpha value is -2.33. The Balaban J connectivity index is 0.000000228. The first-order valence-electron chi connectivity index (χ1n) is 8.88. The number of carbonyl (C=O) groups is 2. The van der Waals surface area contributed by atoms with Crippen LogP contribution in [0.15, 0.2) is 54.6 Å². The number of hydrogen-bond donors (Lipinski definition) is 2. The lowest BCUT2D eigenvalue weighted by molar-refractivity contribution is -0.117. The number of anilines is 1. The van der Waals surface area contributed by atoms with Crippen molar-refractivity contribution in [3.05, 3.63) is 65.2 Å². The minimum Gasteiger partial charge on any atom is -0.478 e. The van der Waals surface area contributed by atoms with Gasteiger partial charge in [-0.15, -0.1) is 0 Å². The first-order valence-corrected chi connectivity index (χ1v) is 9.26. The van der Waals surface area contributed by atoms with Crippen molar-refractivity contribution in [1.29, 1.82) is 0 Å². The number of hydrogen-bond acceptors (Lipinski definition) is 2. The summed E-state index contributed by atoms with van der Waals surface area (Å²) in [6.07, 6.45) is 6.94. The van der Waals surface area contributed by atoms with Crippen LogP contribution in [0.25, 0.3) is 0 Å². The largest absolute Gasteiger partial charge is 0.478 e. The van der Waals surface area contributed by atoms with E-state index in [1.165, 1.54) is 32.1 Å². The van der Waals surface area contributed by atoms with Crippen LogP contribution in [0.3, 0.4) is 0 Å². The molecule has 0 heterocycles. The fraction of sp³-hybridized carbons (Fsp3) is 0.333. The van der Waals surface area contributed by atoms with Crippen LogP contribution in [-0.4, -0.2) is 17.0 Å². The number of amides is 1. The van der Waals surface area contributed by atoms with Crippen LogP contribution in [0, 0.1) is 5.92 Å². The highest BCUT2D eigenvalue weighted by molar-refractivity contribution is 6.30. The lowest BCUT2D eigenvalue weighted by Gasteiger charge is -2.20. The molecule has 5 heteroatoms. The molecule has 0 aliphatic heterocycles. The molecule has 2 N–H and O–H groups in total. The second-order valence-electron chi connectivity index (χ2n) is 6.43. The Labute approximate surface area is 159 Å². The zero-order valence-corrected chi connectivity index (χ0v) is 15.4. The Morgan fingerprint density at radius 3 is 2.12 bits per heavy atom. The van der Waals surface area contributed by atoms with Crippen molar-refractivity contribution in [3.63, 3.8) is 0 Å². The van der Waals surface area contributed by atoms with Gasteiger partial charge in [-0.3, -0.25) is 4.79 Å². The third-order valence-electron chi connectivity index (χ3n) is 4.35. The Kier molecular flexibility index (Phi) is 8.16. The van der Waals surface area contributed by atoms with Crippen molar-refractivity contribution >= 4 is 29.2 Å². The van der Waals surface area contributed by atoms with E-state index >= 15 is 0 Å². The topological polar surface area (TPSA) is 66.4 Å². The molecule has 0 radical (unpaired) electrons. The van der Waals surface area contributed by atoms with E-state index in [0.29, 0.717) is 22.9 Å². The van der Waals surface area contributed by atoms with Crippen molar-refractivity contribution in [3.8, 4) is 0 Å². The second kappa shape index (κ2) is 10.6. The second-order valence-corrected chi connectivity index (χ2v) is 6.87. The molecule has 2 aromatic carbocycles. The Bertz CT molecular complexity index is 695. The number of benzene rings is 2. The highest BCUT2D eigenvalue weighted by Gasteiger charge is 2.16. The predicted octanol–water partition coefficient (Wildman–Crippen LogP) is 5.63. The van der Waals surface area contributed by atoms with E-state index in [-0.39, 0.29) is 5.91 Å². The van der Waals surface area contributed by atoms with Crippen LogP contribution in [-0.2, 0) is 4.79 Å². The first kappa shape index (κ1) is 20.0. The summed E-state index contributed by atoms with van der Waals surface area (Å²) >= 11 is 5.79. The minimum atomic E-state index is -0.879. The van der Waals surface area contributed by atoms with E-state index in [9.17, 15) is 9.59 Å². The molecular formula is C21H24ClNO3. The van der Waals surface area contributed by atoms with Gasteiger partial charge in [0.05, 0.1) is 5.56 Å². The lowest BCUT2D eigenvalue weighted by atomic mass is 9.87. The SMILES string of the molecule is O=C(CC1CCCCC1)Nc1ccc(Cl)cc1.O=C(O)c1ccccc1. The van der Waals surface area contributed by atoms with Gasteiger partial charge in [0.15, 0.2) is 0 Å². The van der Waals surface area contributed by atoms with Crippen LogP contribution in [0.4, 0.5) is 5.69 Å². The average Bonchev–Trinajstić information content (AvgIpc) is 2.66. The van der Waals surface area contributed by atoms with E-state index in [4.69, 9.17) is 16.7 Å². The van der Waals surface area contributed by atoms with Crippen molar-refractivity contribution in [2.45, 2.75) is 38.5 Å². The van der Waals surface area contributed by atoms with Crippen molar-refractivity contribution < 1.29 is 14.7 Å². The van der Waals surface area contributed by atoms with Gasteiger partial charge in [0, 0.05) is 17.1 Å². The summed E-state index contributed by atoms with van der Waals surface area (Å²) in [5.41, 5.74) is 1.16. The molecule has 3 rings (SSSR count). The molecule has 0 spiro atoms. The molecule has 2 aromatic rings. The van der Waals surface area contributed by atoms with E-state index in [1.807, 2.05) is 12.1 Å². The molecule has 0 aromatic heterocycles. The molecule has 1 aliphatic carbocycles.